The molecule has 11 heteroatoms. The zero-order valence-corrected chi connectivity index (χ0v) is 22.1. The Hall–Kier alpha value is -2.94. The maximum absolute atomic E-state index is 13.5. The molecule has 1 aliphatic heterocycles. The Morgan fingerprint density at radius 1 is 1.22 bits per heavy atom. The molecule has 0 unspecified atom stereocenters. The van der Waals surface area contributed by atoms with E-state index in [0.29, 0.717) is 21.7 Å². The van der Waals surface area contributed by atoms with Crippen LogP contribution in [0.25, 0.3) is 10.1 Å². The number of thiophene rings is 1. The first-order valence-electron chi connectivity index (χ1n) is 11.7. The minimum Gasteiger partial charge on any atom is -0.495 e. The highest BCUT2D eigenvalue weighted by molar-refractivity contribution is 7.90. The minimum atomic E-state index is -4.37. The number of nitrogens with two attached hydrogens (primary N) is 1. The lowest BCUT2D eigenvalue weighted by atomic mass is 10.0. The number of hydrogen-bond donors (Lipinski definition) is 2. The number of hydrogen-bond acceptors (Lipinski definition) is 7. The number of rotatable bonds is 6. The number of anilines is 2. The first kappa shape index (κ1) is 27.1. The summed E-state index contributed by atoms with van der Waals surface area (Å²) in [6.07, 6.45) is -2.64. The standard InChI is InChI=1S/C26H28F3N3O3S2/c1-35-23-15-18(37(2,33)34)8-9-21(23)31-12-4-7-24-20(16-26(27,28)29)19-5-3-6-22(25(19)36-24)32-13-10-17(30)11-14-32/h3,5-6,8-9,15,17,31H,10-14,16,30H2,1-2H3. The van der Waals surface area contributed by atoms with Crippen molar-refractivity contribution in [2.24, 2.45) is 5.73 Å². The first-order valence-corrected chi connectivity index (χ1v) is 14.4. The number of ether oxygens (including phenoxy) is 1. The van der Waals surface area contributed by atoms with Gasteiger partial charge in [-0.15, -0.1) is 11.3 Å². The molecule has 1 aromatic heterocycles. The van der Waals surface area contributed by atoms with Crippen molar-refractivity contribution < 1.29 is 26.3 Å². The number of benzene rings is 2. The molecule has 2 heterocycles. The van der Waals surface area contributed by atoms with Gasteiger partial charge in [-0.3, -0.25) is 0 Å². The maximum Gasteiger partial charge on any atom is 0.393 e. The van der Waals surface area contributed by atoms with Gasteiger partial charge in [0.1, 0.15) is 5.75 Å². The van der Waals surface area contributed by atoms with Crippen molar-refractivity contribution in [3.05, 3.63) is 46.8 Å². The van der Waals surface area contributed by atoms with Crippen LogP contribution in [-0.4, -0.2) is 53.6 Å². The molecule has 0 atom stereocenters. The van der Waals surface area contributed by atoms with Gasteiger partial charge in [0.2, 0.25) is 0 Å². The molecule has 198 valence electrons. The number of methoxy groups -OCH3 is 1. The van der Waals surface area contributed by atoms with E-state index in [1.165, 1.54) is 30.6 Å². The van der Waals surface area contributed by atoms with Gasteiger partial charge >= 0.3 is 6.18 Å². The van der Waals surface area contributed by atoms with Crippen molar-refractivity contribution in [1.82, 2.24) is 0 Å². The van der Waals surface area contributed by atoms with Gasteiger partial charge in [-0.05, 0) is 42.0 Å². The van der Waals surface area contributed by atoms with Crippen LogP contribution >= 0.6 is 11.3 Å². The number of piperidine rings is 1. The van der Waals surface area contributed by atoms with E-state index in [1.54, 1.807) is 18.2 Å². The average Bonchev–Trinajstić information content (AvgIpc) is 3.17. The van der Waals surface area contributed by atoms with Gasteiger partial charge in [0.15, 0.2) is 9.84 Å². The van der Waals surface area contributed by atoms with E-state index in [4.69, 9.17) is 10.5 Å². The number of sulfone groups is 1. The van der Waals surface area contributed by atoms with Crippen LogP contribution < -0.4 is 20.7 Å². The highest BCUT2D eigenvalue weighted by Gasteiger charge is 2.31. The van der Waals surface area contributed by atoms with Gasteiger partial charge in [0.05, 0.1) is 45.9 Å². The second kappa shape index (κ2) is 10.8. The van der Waals surface area contributed by atoms with Gasteiger partial charge in [-0.1, -0.05) is 24.0 Å². The summed E-state index contributed by atoms with van der Waals surface area (Å²) in [6.45, 7) is 1.65. The monoisotopic (exact) mass is 551 g/mol. The summed E-state index contributed by atoms with van der Waals surface area (Å²) in [4.78, 5) is 2.69. The Morgan fingerprint density at radius 2 is 1.95 bits per heavy atom. The molecule has 2 aromatic carbocycles. The fraction of sp³-hybridized carbons (Fsp3) is 0.385. The zero-order valence-electron chi connectivity index (χ0n) is 20.5. The van der Waals surface area contributed by atoms with Crippen molar-refractivity contribution in [3.63, 3.8) is 0 Å². The summed E-state index contributed by atoms with van der Waals surface area (Å²) in [5, 5.41) is 3.62. The highest BCUT2D eigenvalue weighted by Crippen LogP contribution is 2.40. The summed E-state index contributed by atoms with van der Waals surface area (Å²) in [7, 11) is -1.97. The molecule has 1 fully saturated rings. The smallest absolute Gasteiger partial charge is 0.393 e. The molecule has 6 nitrogen and oxygen atoms in total. The Bertz CT molecular complexity index is 1450. The molecule has 37 heavy (non-hydrogen) atoms. The molecule has 1 saturated heterocycles. The Balaban J connectivity index is 1.63. The molecule has 0 spiro atoms. The third kappa shape index (κ3) is 6.50. The fourth-order valence-corrected chi connectivity index (χ4v) is 6.21. The quantitative estimate of drug-likeness (QED) is 0.428. The van der Waals surface area contributed by atoms with Gasteiger partial charge < -0.3 is 20.7 Å². The van der Waals surface area contributed by atoms with Gasteiger partial charge in [0.25, 0.3) is 0 Å². The molecule has 3 N–H and O–H groups in total. The van der Waals surface area contributed by atoms with Crippen LogP contribution in [-0.2, 0) is 16.3 Å². The van der Waals surface area contributed by atoms with Crippen LogP contribution in [0.15, 0.2) is 41.3 Å². The van der Waals surface area contributed by atoms with E-state index >= 15 is 0 Å². The first-order chi connectivity index (χ1) is 17.5. The average molecular weight is 552 g/mol. The summed E-state index contributed by atoms with van der Waals surface area (Å²) in [5.41, 5.74) is 7.66. The third-order valence-electron chi connectivity index (χ3n) is 6.23. The van der Waals surface area contributed by atoms with Crippen LogP contribution in [0.3, 0.4) is 0 Å². The van der Waals surface area contributed by atoms with Gasteiger partial charge in [0, 0.05) is 31.5 Å². The van der Waals surface area contributed by atoms with Crippen LogP contribution in [0.1, 0.15) is 23.3 Å². The Labute approximate surface area is 218 Å². The van der Waals surface area contributed by atoms with Crippen LogP contribution in [0, 0.1) is 11.8 Å². The zero-order chi connectivity index (χ0) is 26.8. The fourth-order valence-electron chi connectivity index (χ4n) is 4.33. The van der Waals surface area contributed by atoms with Crippen LogP contribution in [0.4, 0.5) is 24.5 Å². The SMILES string of the molecule is COc1cc(S(C)(=O)=O)ccc1NCC#Cc1sc2c(N3CCC(N)CC3)cccc2c1CC(F)(F)F. The molecular weight excluding hydrogens is 523 g/mol. The second-order valence-corrected chi connectivity index (χ2v) is 12.0. The minimum absolute atomic E-state index is 0.120. The Morgan fingerprint density at radius 3 is 2.59 bits per heavy atom. The van der Waals surface area contributed by atoms with Crippen molar-refractivity contribution in [3.8, 4) is 17.6 Å². The molecule has 4 rings (SSSR count). The van der Waals surface area contributed by atoms with E-state index in [0.717, 1.165) is 42.6 Å². The number of alkyl halides is 3. The largest absolute Gasteiger partial charge is 0.495 e. The lowest BCUT2D eigenvalue weighted by Crippen LogP contribution is -2.39. The van der Waals surface area contributed by atoms with Gasteiger partial charge in [-0.2, -0.15) is 13.2 Å². The van der Waals surface area contributed by atoms with E-state index in [9.17, 15) is 21.6 Å². The maximum atomic E-state index is 13.5. The number of fused-ring (bicyclic) bond motifs is 1. The molecular formula is C26H28F3N3O3S2. The second-order valence-electron chi connectivity index (χ2n) is 8.97. The number of nitrogens with zero attached hydrogens (tertiary/aromatic N) is 1. The summed E-state index contributed by atoms with van der Waals surface area (Å²) in [5.74, 6) is 6.18. The summed E-state index contributed by atoms with van der Waals surface area (Å²) < 4.78 is 70.1. The predicted octanol–water partition coefficient (Wildman–Crippen LogP) is 4.81. The lowest BCUT2D eigenvalue weighted by molar-refractivity contribution is -0.126. The molecule has 0 aliphatic carbocycles. The molecule has 3 aromatic rings. The van der Waals surface area contributed by atoms with Crippen molar-refractivity contribution in [2.45, 2.75) is 36.4 Å². The van der Waals surface area contributed by atoms with Crippen molar-refractivity contribution >= 4 is 42.6 Å². The van der Waals surface area contributed by atoms with Gasteiger partial charge in [-0.25, -0.2) is 8.42 Å². The molecule has 1 aliphatic rings. The third-order valence-corrected chi connectivity index (χ3v) is 8.52. The summed E-state index contributed by atoms with van der Waals surface area (Å²) in [6, 6.07) is 10.0. The van der Waals surface area contributed by atoms with Crippen molar-refractivity contribution in [2.75, 3.05) is 43.2 Å². The normalized spacial score (nSPS) is 14.9. The van der Waals surface area contributed by atoms with Crippen LogP contribution in [0.5, 0.6) is 5.75 Å². The van der Waals surface area contributed by atoms with E-state index in [2.05, 4.69) is 22.1 Å². The van der Waals surface area contributed by atoms with Crippen molar-refractivity contribution in [1.29, 1.82) is 0 Å². The molecule has 0 bridgehead atoms. The number of nitrogens with one attached hydrogen (secondary N) is 1. The number of halogens is 3. The molecule has 0 saturated carbocycles. The highest BCUT2D eigenvalue weighted by atomic mass is 32.2. The van der Waals surface area contributed by atoms with E-state index < -0.39 is 22.4 Å². The van der Waals surface area contributed by atoms with E-state index in [1.807, 2.05) is 6.07 Å². The molecule has 0 radical (unpaired) electrons. The predicted molar refractivity (Wildman–Crippen MR) is 142 cm³/mol. The summed E-state index contributed by atoms with van der Waals surface area (Å²) >= 11 is 1.28. The topological polar surface area (TPSA) is 84.7 Å². The lowest BCUT2D eigenvalue weighted by Gasteiger charge is -2.32. The van der Waals surface area contributed by atoms with E-state index in [-0.39, 0.29) is 23.0 Å². The molecule has 0 amide bonds. The Kier molecular flexibility index (Phi) is 7.92. The van der Waals surface area contributed by atoms with Crippen LogP contribution in [0.2, 0.25) is 0 Å².